The third-order valence-electron chi connectivity index (χ3n) is 8.00. The minimum atomic E-state index is -4.23. The van der Waals surface area contributed by atoms with Crippen LogP contribution in [0.3, 0.4) is 0 Å². The van der Waals surface area contributed by atoms with Gasteiger partial charge in [-0.15, -0.1) is 0 Å². The predicted molar refractivity (Wildman–Crippen MR) is 179 cm³/mol. The van der Waals surface area contributed by atoms with Gasteiger partial charge in [0, 0.05) is 24.0 Å². The number of hydrogen-bond acceptors (Lipinski definition) is 4. The molecular formula is C35H35Cl2N3O4S. The zero-order chi connectivity index (χ0) is 31.8. The van der Waals surface area contributed by atoms with E-state index >= 15 is 0 Å². The summed E-state index contributed by atoms with van der Waals surface area (Å²) in [4.78, 5) is 30.1. The fourth-order valence-electron chi connectivity index (χ4n) is 5.62. The Morgan fingerprint density at radius 2 is 1.36 bits per heavy atom. The number of halogens is 2. The van der Waals surface area contributed by atoms with Crippen molar-refractivity contribution < 1.29 is 18.0 Å². The van der Waals surface area contributed by atoms with Crippen molar-refractivity contribution in [3.8, 4) is 0 Å². The van der Waals surface area contributed by atoms with Gasteiger partial charge in [0.1, 0.15) is 12.6 Å². The molecule has 0 aromatic heterocycles. The Morgan fingerprint density at radius 1 is 0.778 bits per heavy atom. The lowest BCUT2D eigenvalue weighted by Gasteiger charge is -2.34. The van der Waals surface area contributed by atoms with Gasteiger partial charge in [-0.25, -0.2) is 8.42 Å². The molecule has 2 amide bonds. The van der Waals surface area contributed by atoms with Gasteiger partial charge in [0.05, 0.1) is 15.6 Å². The van der Waals surface area contributed by atoms with Crippen LogP contribution >= 0.6 is 23.2 Å². The number of nitrogens with zero attached hydrogens (tertiary/aromatic N) is 2. The first-order valence-electron chi connectivity index (χ1n) is 14.9. The number of sulfonamides is 1. The summed E-state index contributed by atoms with van der Waals surface area (Å²) >= 11 is 13.1. The van der Waals surface area contributed by atoms with Crippen LogP contribution in [0.5, 0.6) is 0 Å². The van der Waals surface area contributed by atoms with Gasteiger partial charge in [0.2, 0.25) is 11.8 Å². The van der Waals surface area contributed by atoms with Gasteiger partial charge in [0.25, 0.3) is 10.0 Å². The molecule has 234 valence electrons. The summed E-state index contributed by atoms with van der Waals surface area (Å²) < 4.78 is 29.2. The van der Waals surface area contributed by atoms with Crippen LogP contribution in [-0.4, -0.2) is 43.8 Å². The first kappa shape index (κ1) is 32.5. The van der Waals surface area contributed by atoms with Crippen molar-refractivity contribution in [2.75, 3.05) is 10.8 Å². The molecule has 0 aliphatic heterocycles. The van der Waals surface area contributed by atoms with E-state index in [-0.39, 0.29) is 40.5 Å². The molecule has 1 aliphatic carbocycles. The Labute approximate surface area is 274 Å². The van der Waals surface area contributed by atoms with E-state index in [9.17, 15) is 18.0 Å². The Bertz CT molecular complexity index is 1720. The van der Waals surface area contributed by atoms with Crippen LogP contribution in [0.15, 0.2) is 114 Å². The third kappa shape index (κ3) is 8.06. The topological polar surface area (TPSA) is 86.8 Å². The number of rotatable bonds is 12. The number of carbonyl (C=O) groups excluding carboxylic acids is 2. The van der Waals surface area contributed by atoms with Crippen molar-refractivity contribution in [2.45, 2.75) is 55.6 Å². The molecule has 4 aromatic rings. The highest BCUT2D eigenvalue weighted by Gasteiger charge is 2.36. The van der Waals surface area contributed by atoms with Crippen LogP contribution in [0.4, 0.5) is 5.69 Å². The summed E-state index contributed by atoms with van der Waals surface area (Å²) in [5, 5.41) is 3.77. The molecule has 0 unspecified atom stereocenters. The van der Waals surface area contributed by atoms with Crippen molar-refractivity contribution >= 4 is 50.7 Å². The van der Waals surface area contributed by atoms with Gasteiger partial charge in [-0.1, -0.05) is 115 Å². The van der Waals surface area contributed by atoms with Crippen molar-refractivity contribution in [2.24, 2.45) is 0 Å². The fraction of sp³-hybridized carbons (Fsp3) is 0.257. The first-order chi connectivity index (χ1) is 21.7. The molecule has 0 bridgehead atoms. The molecule has 1 saturated carbocycles. The van der Waals surface area contributed by atoms with Gasteiger partial charge >= 0.3 is 0 Å². The third-order valence-corrected chi connectivity index (χ3v) is 10.5. The van der Waals surface area contributed by atoms with E-state index in [4.69, 9.17) is 23.2 Å². The average Bonchev–Trinajstić information content (AvgIpc) is 3.56. The molecule has 1 N–H and O–H groups in total. The van der Waals surface area contributed by atoms with E-state index in [0.717, 1.165) is 35.6 Å². The van der Waals surface area contributed by atoms with E-state index in [1.165, 1.54) is 17.0 Å². The monoisotopic (exact) mass is 663 g/mol. The lowest BCUT2D eigenvalue weighted by molar-refractivity contribution is -0.140. The molecule has 5 rings (SSSR count). The highest BCUT2D eigenvalue weighted by Crippen LogP contribution is 2.31. The largest absolute Gasteiger partial charge is 0.352 e. The molecule has 1 atom stereocenters. The van der Waals surface area contributed by atoms with Gasteiger partial charge in [-0.2, -0.15) is 0 Å². The zero-order valence-corrected chi connectivity index (χ0v) is 27.0. The molecule has 45 heavy (non-hydrogen) atoms. The van der Waals surface area contributed by atoms with Gasteiger partial charge in [0.15, 0.2) is 0 Å². The maximum atomic E-state index is 14.6. The number of para-hydroxylation sites is 1. The molecule has 1 aliphatic rings. The fourth-order valence-corrected chi connectivity index (χ4v) is 7.56. The van der Waals surface area contributed by atoms with Crippen LogP contribution in [-0.2, 0) is 32.6 Å². The summed E-state index contributed by atoms with van der Waals surface area (Å²) in [7, 11) is -4.23. The molecule has 4 aromatic carbocycles. The molecule has 0 radical (unpaired) electrons. The Balaban J connectivity index is 1.57. The Hall–Kier alpha value is -3.85. The number of anilines is 1. The SMILES string of the molecule is O=C(NC1CCCC1)[C@H](Cc1ccccc1)N(Cc1ccccc1Cl)C(=O)CN(c1ccccc1Cl)S(=O)(=O)c1ccccc1. The normalized spacial score (nSPS) is 14.1. The summed E-state index contributed by atoms with van der Waals surface area (Å²) in [6.07, 6.45) is 4.03. The second-order valence-electron chi connectivity index (χ2n) is 11.1. The standard InChI is InChI=1S/C35H35Cl2N3O4S/c36-30-20-10-7-15-27(30)24-39(33(23-26-13-3-1-4-14-26)35(42)38-28-16-8-9-17-28)34(41)25-40(32-22-12-11-21-31(32)37)45(43,44)29-18-5-2-6-19-29/h1-7,10-15,18-22,28,33H,8-9,16-17,23-25H2,(H,38,42)/t33-/m0/s1. The number of nitrogens with one attached hydrogen (secondary N) is 1. The lowest BCUT2D eigenvalue weighted by atomic mass is 10.0. The average molecular weight is 665 g/mol. The highest BCUT2D eigenvalue weighted by atomic mass is 35.5. The van der Waals surface area contributed by atoms with Crippen LogP contribution in [0, 0.1) is 0 Å². The molecule has 10 heteroatoms. The van der Waals surface area contributed by atoms with E-state index in [0.29, 0.717) is 10.6 Å². The lowest BCUT2D eigenvalue weighted by Crippen LogP contribution is -2.54. The van der Waals surface area contributed by atoms with Crippen LogP contribution < -0.4 is 9.62 Å². The van der Waals surface area contributed by atoms with Crippen molar-refractivity contribution in [1.29, 1.82) is 0 Å². The molecule has 0 heterocycles. The van der Waals surface area contributed by atoms with Crippen LogP contribution in [0.1, 0.15) is 36.8 Å². The number of carbonyl (C=O) groups is 2. The second kappa shape index (κ2) is 15.0. The zero-order valence-electron chi connectivity index (χ0n) is 24.7. The number of amides is 2. The predicted octanol–water partition coefficient (Wildman–Crippen LogP) is 6.89. The first-order valence-corrected chi connectivity index (χ1v) is 17.1. The summed E-state index contributed by atoms with van der Waals surface area (Å²) in [5.41, 5.74) is 1.65. The summed E-state index contributed by atoms with van der Waals surface area (Å²) in [6, 6.07) is 30.0. The van der Waals surface area contributed by atoms with E-state index in [2.05, 4.69) is 5.32 Å². The van der Waals surface area contributed by atoms with E-state index in [1.54, 1.807) is 60.7 Å². The number of benzene rings is 4. The van der Waals surface area contributed by atoms with Crippen molar-refractivity contribution in [1.82, 2.24) is 10.2 Å². The minimum absolute atomic E-state index is 0.00413. The van der Waals surface area contributed by atoms with Crippen LogP contribution in [0.2, 0.25) is 10.0 Å². The highest BCUT2D eigenvalue weighted by molar-refractivity contribution is 7.92. The maximum Gasteiger partial charge on any atom is 0.264 e. The van der Waals surface area contributed by atoms with E-state index < -0.39 is 28.5 Å². The quantitative estimate of drug-likeness (QED) is 0.179. The molecule has 1 fully saturated rings. The van der Waals surface area contributed by atoms with E-state index in [1.807, 2.05) is 36.4 Å². The smallest absolute Gasteiger partial charge is 0.264 e. The second-order valence-corrected chi connectivity index (χ2v) is 13.8. The van der Waals surface area contributed by atoms with Crippen molar-refractivity contribution in [3.05, 3.63) is 130 Å². The Morgan fingerprint density at radius 3 is 2.00 bits per heavy atom. The molecule has 0 saturated heterocycles. The van der Waals surface area contributed by atoms with Gasteiger partial charge in [-0.3, -0.25) is 13.9 Å². The van der Waals surface area contributed by atoms with Crippen LogP contribution in [0.25, 0.3) is 0 Å². The Kier molecular flexibility index (Phi) is 10.8. The molecular weight excluding hydrogens is 629 g/mol. The summed E-state index contributed by atoms with van der Waals surface area (Å²) in [6.45, 7) is -0.594. The number of hydrogen-bond donors (Lipinski definition) is 1. The van der Waals surface area contributed by atoms with Gasteiger partial charge < -0.3 is 10.2 Å². The molecule has 0 spiro atoms. The molecule has 7 nitrogen and oxygen atoms in total. The minimum Gasteiger partial charge on any atom is -0.352 e. The maximum absolute atomic E-state index is 14.6. The van der Waals surface area contributed by atoms with Crippen molar-refractivity contribution in [3.63, 3.8) is 0 Å². The van der Waals surface area contributed by atoms with Gasteiger partial charge in [-0.05, 0) is 54.3 Å². The summed E-state index contributed by atoms with van der Waals surface area (Å²) in [5.74, 6) is -0.863.